The molecule has 0 atom stereocenters. The number of benzene rings is 1. The Morgan fingerprint density at radius 2 is 2.06 bits per heavy atom. The maximum Gasteiger partial charge on any atom is 0.0499 e. The standard InChI is InChI=1S/C13H18BrClN2/c14-12-5-4-11(15)10-13(12)16-6-3-9-17-7-1-2-8-17/h4-5,10,16H,1-3,6-9H2. The van der Waals surface area contributed by atoms with Crippen LogP contribution in [0.25, 0.3) is 0 Å². The van der Waals surface area contributed by atoms with E-state index in [9.17, 15) is 0 Å². The van der Waals surface area contributed by atoms with Gasteiger partial charge >= 0.3 is 0 Å². The lowest BCUT2D eigenvalue weighted by atomic mass is 10.3. The normalized spacial score (nSPS) is 16.4. The first-order chi connectivity index (χ1) is 8.25. The van der Waals surface area contributed by atoms with Crippen LogP contribution in [0, 0.1) is 0 Å². The minimum Gasteiger partial charge on any atom is -0.384 e. The summed E-state index contributed by atoms with van der Waals surface area (Å²) in [6, 6.07) is 5.83. The van der Waals surface area contributed by atoms with Crippen molar-refractivity contribution in [3.63, 3.8) is 0 Å². The predicted octanol–water partition coefficient (Wildman–Crippen LogP) is 4.00. The number of anilines is 1. The first-order valence-corrected chi connectivity index (χ1v) is 7.34. The molecule has 1 fully saturated rings. The van der Waals surface area contributed by atoms with Crippen molar-refractivity contribution < 1.29 is 0 Å². The highest BCUT2D eigenvalue weighted by Gasteiger charge is 2.10. The van der Waals surface area contributed by atoms with Gasteiger partial charge in [-0.05, 0) is 73.0 Å². The lowest BCUT2D eigenvalue weighted by Crippen LogP contribution is -2.22. The average molecular weight is 318 g/mol. The monoisotopic (exact) mass is 316 g/mol. The Balaban J connectivity index is 1.72. The van der Waals surface area contributed by atoms with Crippen molar-refractivity contribution >= 4 is 33.2 Å². The Morgan fingerprint density at radius 1 is 1.29 bits per heavy atom. The van der Waals surface area contributed by atoms with Gasteiger partial charge in [0.05, 0.1) is 0 Å². The summed E-state index contributed by atoms with van der Waals surface area (Å²) in [4.78, 5) is 2.54. The highest BCUT2D eigenvalue weighted by molar-refractivity contribution is 9.10. The molecular formula is C13H18BrClN2. The SMILES string of the molecule is Clc1ccc(Br)c(NCCCN2CCCC2)c1. The summed E-state index contributed by atoms with van der Waals surface area (Å²) in [5, 5.41) is 4.19. The molecule has 94 valence electrons. The van der Waals surface area contributed by atoms with Gasteiger partial charge in [0.1, 0.15) is 0 Å². The van der Waals surface area contributed by atoms with E-state index in [0.717, 1.165) is 21.7 Å². The number of hydrogen-bond donors (Lipinski definition) is 1. The van der Waals surface area contributed by atoms with Gasteiger partial charge in [-0.15, -0.1) is 0 Å². The Hall–Kier alpha value is -0.250. The van der Waals surface area contributed by atoms with Crippen molar-refractivity contribution in [2.45, 2.75) is 19.3 Å². The molecule has 1 aromatic rings. The van der Waals surface area contributed by atoms with Crippen LogP contribution in [-0.4, -0.2) is 31.1 Å². The van der Waals surface area contributed by atoms with Gasteiger partial charge in [-0.1, -0.05) is 11.6 Å². The maximum absolute atomic E-state index is 5.96. The van der Waals surface area contributed by atoms with Crippen molar-refractivity contribution in [2.24, 2.45) is 0 Å². The first kappa shape index (κ1) is 13.2. The fourth-order valence-corrected chi connectivity index (χ4v) is 2.72. The zero-order valence-corrected chi connectivity index (χ0v) is 12.2. The molecule has 0 radical (unpaired) electrons. The molecule has 1 aromatic carbocycles. The number of hydrogen-bond acceptors (Lipinski definition) is 2. The molecule has 17 heavy (non-hydrogen) atoms. The molecule has 0 spiro atoms. The van der Waals surface area contributed by atoms with E-state index in [1.165, 1.54) is 38.9 Å². The molecule has 1 aliphatic heterocycles. The smallest absolute Gasteiger partial charge is 0.0499 e. The Kier molecular flexibility index (Phi) is 5.14. The molecule has 0 aromatic heterocycles. The van der Waals surface area contributed by atoms with Crippen LogP contribution in [-0.2, 0) is 0 Å². The molecule has 1 saturated heterocycles. The van der Waals surface area contributed by atoms with Crippen LogP contribution < -0.4 is 5.32 Å². The van der Waals surface area contributed by atoms with Gasteiger partial charge in [-0.3, -0.25) is 0 Å². The first-order valence-electron chi connectivity index (χ1n) is 6.17. The molecule has 0 unspecified atom stereocenters. The topological polar surface area (TPSA) is 15.3 Å². The fraction of sp³-hybridized carbons (Fsp3) is 0.538. The minimum absolute atomic E-state index is 0.773. The summed E-state index contributed by atoms with van der Waals surface area (Å²) in [6.45, 7) is 4.75. The third-order valence-corrected chi connectivity index (χ3v) is 4.02. The van der Waals surface area contributed by atoms with Crippen molar-refractivity contribution in [2.75, 3.05) is 31.5 Å². The third-order valence-electron chi connectivity index (χ3n) is 3.09. The number of halogens is 2. The van der Waals surface area contributed by atoms with Gasteiger partial charge in [0.2, 0.25) is 0 Å². The second-order valence-corrected chi connectivity index (χ2v) is 5.74. The number of nitrogens with one attached hydrogen (secondary N) is 1. The van der Waals surface area contributed by atoms with Crippen LogP contribution in [0.5, 0.6) is 0 Å². The lowest BCUT2D eigenvalue weighted by molar-refractivity contribution is 0.337. The van der Waals surface area contributed by atoms with Gasteiger partial charge < -0.3 is 10.2 Å². The van der Waals surface area contributed by atoms with Crippen LogP contribution in [0.3, 0.4) is 0 Å². The second-order valence-electron chi connectivity index (χ2n) is 4.45. The molecular weight excluding hydrogens is 300 g/mol. The van der Waals surface area contributed by atoms with E-state index < -0.39 is 0 Å². The van der Waals surface area contributed by atoms with Crippen molar-refractivity contribution in [1.82, 2.24) is 4.90 Å². The summed E-state index contributed by atoms with van der Waals surface area (Å²) in [7, 11) is 0. The Labute approximate surface area is 116 Å². The average Bonchev–Trinajstić information content (AvgIpc) is 2.82. The van der Waals surface area contributed by atoms with Gasteiger partial charge in [0, 0.05) is 21.7 Å². The molecule has 2 rings (SSSR count). The van der Waals surface area contributed by atoms with Crippen LogP contribution in [0.2, 0.25) is 5.02 Å². The van der Waals surface area contributed by atoms with Crippen molar-refractivity contribution in [3.8, 4) is 0 Å². The highest BCUT2D eigenvalue weighted by Crippen LogP contribution is 2.25. The summed E-state index contributed by atoms with van der Waals surface area (Å²) in [6.07, 6.45) is 3.92. The van der Waals surface area contributed by atoms with Gasteiger partial charge in [0.25, 0.3) is 0 Å². The molecule has 0 aliphatic carbocycles. The van der Waals surface area contributed by atoms with Crippen molar-refractivity contribution in [1.29, 1.82) is 0 Å². The quantitative estimate of drug-likeness (QED) is 0.826. The van der Waals surface area contributed by atoms with E-state index in [1.807, 2.05) is 18.2 Å². The molecule has 0 amide bonds. The number of rotatable bonds is 5. The molecule has 2 nitrogen and oxygen atoms in total. The minimum atomic E-state index is 0.773. The molecule has 4 heteroatoms. The van der Waals surface area contributed by atoms with Gasteiger partial charge in [0.15, 0.2) is 0 Å². The van der Waals surface area contributed by atoms with Gasteiger partial charge in [-0.2, -0.15) is 0 Å². The van der Waals surface area contributed by atoms with E-state index in [1.54, 1.807) is 0 Å². The van der Waals surface area contributed by atoms with Gasteiger partial charge in [-0.25, -0.2) is 0 Å². The Bertz CT molecular complexity index is 364. The molecule has 0 saturated carbocycles. The van der Waals surface area contributed by atoms with E-state index in [4.69, 9.17) is 11.6 Å². The lowest BCUT2D eigenvalue weighted by Gasteiger charge is -2.15. The predicted molar refractivity (Wildman–Crippen MR) is 77.9 cm³/mol. The summed E-state index contributed by atoms with van der Waals surface area (Å²) < 4.78 is 1.07. The molecule has 1 aliphatic rings. The van der Waals surface area contributed by atoms with Crippen LogP contribution in [0.1, 0.15) is 19.3 Å². The zero-order valence-electron chi connectivity index (χ0n) is 9.88. The summed E-state index contributed by atoms with van der Waals surface area (Å²) in [5.41, 5.74) is 1.08. The molecule has 1 N–H and O–H groups in total. The van der Waals surface area contributed by atoms with Crippen LogP contribution >= 0.6 is 27.5 Å². The summed E-state index contributed by atoms with van der Waals surface area (Å²) in [5.74, 6) is 0. The largest absolute Gasteiger partial charge is 0.384 e. The highest BCUT2D eigenvalue weighted by atomic mass is 79.9. The third kappa shape index (κ3) is 4.16. The zero-order chi connectivity index (χ0) is 12.1. The van der Waals surface area contributed by atoms with Crippen LogP contribution in [0.4, 0.5) is 5.69 Å². The molecule has 0 bridgehead atoms. The Morgan fingerprint density at radius 3 is 2.82 bits per heavy atom. The summed E-state index contributed by atoms with van der Waals surface area (Å²) >= 11 is 9.48. The fourth-order valence-electron chi connectivity index (χ4n) is 2.16. The van der Waals surface area contributed by atoms with Crippen LogP contribution in [0.15, 0.2) is 22.7 Å². The van der Waals surface area contributed by atoms with Crippen molar-refractivity contribution in [3.05, 3.63) is 27.7 Å². The number of nitrogens with zero attached hydrogens (tertiary/aromatic N) is 1. The second kappa shape index (κ2) is 6.62. The maximum atomic E-state index is 5.96. The van der Waals surface area contributed by atoms with E-state index in [0.29, 0.717) is 0 Å². The van der Waals surface area contributed by atoms with E-state index in [2.05, 4.69) is 26.1 Å². The van der Waals surface area contributed by atoms with E-state index >= 15 is 0 Å². The number of likely N-dealkylation sites (tertiary alicyclic amines) is 1. The molecule has 1 heterocycles. The van der Waals surface area contributed by atoms with E-state index in [-0.39, 0.29) is 0 Å².